The summed E-state index contributed by atoms with van der Waals surface area (Å²) in [4.78, 5) is 0. The lowest BCUT2D eigenvalue weighted by Crippen LogP contribution is -2.41. The first-order valence-corrected chi connectivity index (χ1v) is 5.78. The van der Waals surface area contributed by atoms with E-state index < -0.39 is 0 Å². The lowest BCUT2D eigenvalue weighted by atomic mass is 9.83. The molecule has 4 atom stereocenters. The molecule has 14 heavy (non-hydrogen) atoms. The predicted octanol–water partition coefficient (Wildman–Crippen LogP) is 1.17. The van der Waals surface area contributed by atoms with Crippen molar-refractivity contribution in [2.75, 3.05) is 19.8 Å². The van der Waals surface area contributed by atoms with Crippen LogP contribution < -0.4 is 5.73 Å². The molecule has 3 heteroatoms. The fraction of sp³-hybridized carbons (Fsp3) is 1.00. The Morgan fingerprint density at radius 1 is 1.36 bits per heavy atom. The van der Waals surface area contributed by atoms with Crippen LogP contribution in [0.15, 0.2) is 0 Å². The molecule has 0 aromatic carbocycles. The molecule has 2 saturated heterocycles. The van der Waals surface area contributed by atoms with E-state index >= 15 is 0 Å². The lowest BCUT2D eigenvalue weighted by molar-refractivity contribution is 0.0733. The summed E-state index contributed by atoms with van der Waals surface area (Å²) in [7, 11) is 0. The standard InChI is InChI=1S/C11H21NO2/c1-2-10-9(4-6-14-10)11(12)8-3-5-13-7-8/h8-11H,2-7,12H2,1H3. The smallest absolute Gasteiger partial charge is 0.0616 e. The van der Waals surface area contributed by atoms with Gasteiger partial charge in [-0.2, -0.15) is 0 Å². The summed E-state index contributed by atoms with van der Waals surface area (Å²) < 4.78 is 11.1. The van der Waals surface area contributed by atoms with E-state index in [1.165, 1.54) is 0 Å². The average Bonchev–Trinajstić information content (AvgIpc) is 2.87. The summed E-state index contributed by atoms with van der Waals surface area (Å²) in [6.45, 7) is 4.82. The van der Waals surface area contributed by atoms with Crippen molar-refractivity contribution in [2.45, 2.75) is 38.3 Å². The van der Waals surface area contributed by atoms with Crippen LogP contribution in [-0.2, 0) is 9.47 Å². The molecule has 0 spiro atoms. The Morgan fingerprint density at radius 3 is 2.86 bits per heavy atom. The van der Waals surface area contributed by atoms with Crippen molar-refractivity contribution in [1.82, 2.24) is 0 Å². The first-order valence-electron chi connectivity index (χ1n) is 5.78. The quantitative estimate of drug-likeness (QED) is 0.742. The second-order valence-corrected chi connectivity index (χ2v) is 4.47. The second-order valence-electron chi connectivity index (χ2n) is 4.47. The predicted molar refractivity (Wildman–Crippen MR) is 55.0 cm³/mol. The van der Waals surface area contributed by atoms with Gasteiger partial charge in [-0.15, -0.1) is 0 Å². The van der Waals surface area contributed by atoms with Gasteiger partial charge in [-0.05, 0) is 25.2 Å². The van der Waals surface area contributed by atoms with Crippen LogP contribution in [0.5, 0.6) is 0 Å². The summed E-state index contributed by atoms with van der Waals surface area (Å²) in [5.74, 6) is 1.13. The molecule has 82 valence electrons. The molecule has 2 heterocycles. The molecule has 2 aliphatic rings. The number of hydrogen-bond donors (Lipinski definition) is 1. The van der Waals surface area contributed by atoms with E-state index in [0.717, 1.165) is 39.1 Å². The fourth-order valence-electron chi connectivity index (χ4n) is 2.73. The van der Waals surface area contributed by atoms with Crippen molar-refractivity contribution in [3.63, 3.8) is 0 Å². The second kappa shape index (κ2) is 4.60. The Bertz CT molecular complexity index is 180. The summed E-state index contributed by atoms with van der Waals surface area (Å²) in [6.07, 6.45) is 3.75. The Morgan fingerprint density at radius 2 is 2.21 bits per heavy atom. The minimum atomic E-state index is 0.282. The number of rotatable bonds is 3. The summed E-state index contributed by atoms with van der Waals surface area (Å²) in [5.41, 5.74) is 6.29. The maximum Gasteiger partial charge on any atom is 0.0616 e. The highest BCUT2D eigenvalue weighted by Crippen LogP contribution is 2.31. The zero-order chi connectivity index (χ0) is 9.97. The van der Waals surface area contributed by atoms with Gasteiger partial charge in [-0.1, -0.05) is 6.92 Å². The maximum absolute atomic E-state index is 6.29. The summed E-state index contributed by atoms with van der Waals surface area (Å²) in [5, 5.41) is 0. The van der Waals surface area contributed by atoms with Crippen molar-refractivity contribution in [1.29, 1.82) is 0 Å². The molecular formula is C11H21NO2. The Hall–Kier alpha value is -0.120. The zero-order valence-electron chi connectivity index (χ0n) is 8.95. The van der Waals surface area contributed by atoms with Crippen molar-refractivity contribution in [3.8, 4) is 0 Å². The van der Waals surface area contributed by atoms with Crippen LogP contribution in [0.4, 0.5) is 0 Å². The van der Waals surface area contributed by atoms with Gasteiger partial charge in [0.15, 0.2) is 0 Å². The van der Waals surface area contributed by atoms with Gasteiger partial charge < -0.3 is 15.2 Å². The molecule has 0 aromatic heterocycles. The van der Waals surface area contributed by atoms with E-state index in [-0.39, 0.29) is 6.04 Å². The molecule has 0 bridgehead atoms. The van der Waals surface area contributed by atoms with Gasteiger partial charge in [-0.3, -0.25) is 0 Å². The van der Waals surface area contributed by atoms with E-state index in [9.17, 15) is 0 Å². The van der Waals surface area contributed by atoms with Gasteiger partial charge >= 0.3 is 0 Å². The van der Waals surface area contributed by atoms with Crippen molar-refractivity contribution in [3.05, 3.63) is 0 Å². The van der Waals surface area contributed by atoms with Gasteiger partial charge in [0.1, 0.15) is 0 Å². The largest absolute Gasteiger partial charge is 0.381 e. The van der Waals surface area contributed by atoms with Gasteiger partial charge in [0.05, 0.1) is 12.7 Å². The highest BCUT2D eigenvalue weighted by atomic mass is 16.5. The first kappa shape index (κ1) is 10.4. The Balaban J connectivity index is 1.92. The molecule has 0 aromatic rings. The molecular weight excluding hydrogens is 178 g/mol. The van der Waals surface area contributed by atoms with Crippen LogP contribution in [0, 0.1) is 11.8 Å². The third-order valence-corrected chi connectivity index (χ3v) is 3.67. The monoisotopic (exact) mass is 199 g/mol. The Kier molecular flexibility index (Phi) is 3.42. The molecule has 0 amide bonds. The van der Waals surface area contributed by atoms with E-state index in [2.05, 4.69) is 6.92 Å². The normalized spacial score (nSPS) is 40.3. The summed E-state index contributed by atoms with van der Waals surface area (Å²) >= 11 is 0. The minimum absolute atomic E-state index is 0.282. The van der Waals surface area contributed by atoms with E-state index in [1.54, 1.807) is 0 Å². The van der Waals surface area contributed by atoms with Gasteiger partial charge in [0.25, 0.3) is 0 Å². The minimum Gasteiger partial charge on any atom is -0.381 e. The number of hydrogen-bond acceptors (Lipinski definition) is 3. The van der Waals surface area contributed by atoms with Crippen molar-refractivity contribution < 1.29 is 9.47 Å². The van der Waals surface area contributed by atoms with Crippen LogP contribution >= 0.6 is 0 Å². The topological polar surface area (TPSA) is 44.5 Å². The third-order valence-electron chi connectivity index (χ3n) is 3.67. The van der Waals surface area contributed by atoms with E-state index in [1.807, 2.05) is 0 Å². The molecule has 3 nitrogen and oxygen atoms in total. The lowest BCUT2D eigenvalue weighted by Gasteiger charge is -2.27. The molecule has 2 fully saturated rings. The van der Waals surface area contributed by atoms with E-state index in [4.69, 9.17) is 15.2 Å². The number of nitrogens with two attached hydrogens (primary N) is 1. The van der Waals surface area contributed by atoms with Crippen molar-refractivity contribution >= 4 is 0 Å². The van der Waals surface area contributed by atoms with Gasteiger partial charge in [-0.25, -0.2) is 0 Å². The van der Waals surface area contributed by atoms with Crippen LogP contribution in [0.3, 0.4) is 0 Å². The Labute approximate surface area is 85.9 Å². The molecule has 0 saturated carbocycles. The summed E-state index contributed by atoms with van der Waals surface area (Å²) in [6, 6.07) is 0.282. The van der Waals surface area contributed by atoms with Crippen LogP contribution in [0.25, 0.3) is 0 Å². The maximum atomic E-state index is 6.29. The SMILES string of the molecule is CCC1OCCC1C(N)C1CCOC1. The molecule has 2 rings (SSSR count). The number of ether oxygens (including phenoxy) is 2. The molecule has 2 N–H and O–H groups in total. The highest BCUT2D eigenvalue weighted by molar-refractivity contribution is 4.89. The molecule has 2 aliphatic heterocycles. The zero-order valence-corrected chi connectivity index (χ0v) is 8.95. The van der Waals surface area contributed by atoms with E-state index in [0.29, 0.717) is 17.9 Å². The third kappa shape index (κ3) is 1.95. The highest BCUT2D eigenvalue weighted by Gasteiger charge is 2.36. The molecule has 0 radical (unpaired) electrons. The van der Waals surface area contributed by atoms with Gasteiger partial charge in [0.2, 0.25) is 0 Å². The molecule has 4 unspecified atom stereocenters. The van der Waals surface area contributed by atoms with Gasteiger partial charge in [0, 0.05) is 25.2 Å². The molecule has 0 aliphatic carbocycles. The average molecular weight is 199 g/mol. The van der Waals surface area contributed by atoms with Crippen LogP contribution in [-0.4, -0.2) is 32.0 Å². The fourth-order valence-corrected chi connectivity index (χ4v) is 2.73. The van der Waals surface area contributed by atoms with Crippen molar-refractivity contribution in [2.24, 2.45) is 17.6 Å². The van der Waals surface area contributed by atoms with Crippen LogP contribution in [0.2, 0.25) is 0 Å². The first-order chi connectivity index (χ1) is 6.83. The van der Waals surface area contributed by atoms with Crippen LogP contribution in [0.1, 0.15) is 26.2 Å².